The summed E-state index contributed by atoms with van der Waals surface area (Å²) in [4.78, 5) is 11.9. The van der Waals surface area contributed by atoms with E-state index in [1.807, 2.05) is 37.4 Å². The maximum atomic E-state index is 11.9. The molecule has 0 aliphatic heterocycles. The van der Waals surface area contributed by atoms with Gasteiger partial charge in [-0.15, -0.1) is 0 Å². The first-order valence-corrected chi connectivity index (χ1v) is 8.14. The van der Waals surface area contributed by atoms with Gasteiger partial charge in [0.1, 0.15) is 5.75 Å². The quantitative estimate of drug-likeness (QED) is 0.768. The number of thioether (sulfide) groups is 1. The average molecular weight is 296 g/mol. The lowest BCUT2D eigenvalue weighted by atomic mass is 10.1. The van der Waals surface area contributed by atoms with E-state index in [0.29, 0.717) is 6.42 Å². The number of benzene rings is 1. The van der Waals surface area contributed by atoms with Crippen LogP contribution in [0.1, 0.15) is 18.9 Å². The van der Waals surface area contributed by atoms with Gasteiger partial charge in [-0.1, -0.05) is 18.2 Å². The van der Waals surface area contributed by atoms with E-state index >= 15 is 0 Å². The van der Waals surface area contributed by atoms with Crippen molar-refractivity contribution in [3.63, 3.8) is 0 Å². The van der Waals surface area contributed by atoms with Gasteiger partial charge in [-0.3, -0.25) is 4.79 Å². The Morgan fingerprint density at radius 3 is 2.80 bits per heavy atom. The van der Waals surface area contributed by atoms with Gasteiger partial charge >= 0.3 is 0 Å². The van der Waals surface area contributed by atoms with Crippen LogP contribution in [0.2, 0.25) is 0 Å². The lowest BCUT2D eigenvalue weighted by Crippen LogP contribution is -2.45. The van der Waals surface area contributed by atoms with Gasteiger partial charge in [-0.05, 0) is 43.4 Å². The van der Waals surface area contributed by atoms with Gasteiger partial charge in [0.2, 0.25) is 5.91 Å². The smallest absolute Gasteiger partial charge is 0.237 e. The van der Waals surface area contributed by atoms with Crippen LogP contribution in [0.4, 0.5) is 0 Å². The Hall–Kier alpha value is -1.20. The summed E-state index contributed by atoms with van der Waals surface area (Å²) >= 11 is 1.70. The first-order valence-electron chi connectivity index (χ1n) is 6.75. The summed E-state index contributed by atoms with van der Waals surface area (Å²) in [5, 5.41) is 2.96. The van der Waals surface area contributed by atoms with E-state index in [0.717, 1.165) is 23.5 Å². The van der Waals surface area contributed by atoms with E-state index in [4.69, 9.17) is 10.5 Å². The number of hydrogen-bond acceptors (Lipinski definition) is 4. The molecule has 3 N–H and O–H groups in total. The normalized spacial score (nSPS) is 13.6. The zero-order valence-corrected chi connectivity index (χ0v) is 13.2. The summed E-state index contributed by atoms with van der Waals surface area (Å²) in [6.45, 7) is 1.98. The van der Waals surface area contributed by atoms with E-state index in [9.17, 15) is 4.79 Å². The maximum absolute atomic E-state index is 11.9. The predicted octanol–water partition coefficient (Wildman–Crippen LogP) is 1.82. The highest BCUT2D eigenvalue weighted by atomic mass is 32.2. The van der Waals surface area contributed by atoms with Crippen LogP contribution in [0.15, 0.2) is 24.3 Å². The maximum Gasteiger partial charge on any atom is 0.237 e. The zero-order chi connectivity index (χ0) is 15.0. The molecule has 0 aromatic heterocycles. The molecule has 1 amide bonds. The van der Waals surface area contributed by atoms with Crippen molar-refractivity contribution in [3.05, 3.63) is 29.8 Å². The fourth-order valence-corrected chi connectivity index (χ4v) is 2.47. The van der Waals surface area contributed by atoms with Crippen molar-refractivity contribution in [1.29, 1.82) is 0 Å². The summed E-state index contributed by atoms with van der Waals surface area (Å²) in [6, 6.07) is 7.44. The first kappa shape index (κ1) is 16.9. The Labute approximate surface area is 125 Å². The molecule has 0 saturated carbocycles. The van der Waals surface area contributed by atoms with Crippen molar-refractivity contribution < 1.29 is 9.53 Å². The van der Waals surface area contributed by atoms with Crippen LogP contribution < -0.4 is 15.8 Å². The van der Waals surface area contributed by atoms with Crippen molar-refractivity contribution in [2.75, 3.05) is 19.1 Å². The molecule has 0 fully saturated rings. The monoisotopic (exact) mass is 296 g/mol. The first-order chi connectivity index (χ1) is 9.58. The van der Waals surface area contributed by atoms with Crippen LogP contribution in [-0.4, -0.2) is 37.1 Å². The molecular formula is C15H24N2O2S. The molecule has 4 nitrogen and oxygen atoms in total. The largest absolute Gasteiger partial charge is 0.496 e. The molecule has 0 bridgehead atoms. The second kappa shape index (κ2) is 8.87. The summed E-state index contributed by atoms with van der Waals surface area (Å²) in [5.74, 6) is 1.66. The molecule has 1 unspecified atom stereocenters. The third-order valence-corrected chi connectivity index (χ3v) is 3.72. The molecule has 0 spiro atoms. The summed E-state index contributed by atoms with van der Waals surface area (Å²) in [7, 11) is 1.65. The molecule has 0 aliphatic carbocycles. The van der Waals surface area contributed by atoms with Crippen LogP contribution >= 0.6 is 11.8 Å². The number of carbonyl (C=O) groups is 1. The highest BCUT2D eigenvalue weighted by molar-refractivity contribution is 7.98. The SMILES string of the molecule is COc1ccccc1CC(C)NC(=O)[C@H](N)CCSC. The number of hydrogen-bond donors (Lipinski definition) is 2. The third kappa shape index (κ3) is 5.43. The Morgan fingerprint density at radius 2 is 2.15 bits per heavy atom. The Morgan fingerprint density at radius 1 is 1.45 bits per heavy atom. The molecule has 1 aromatic rings. The van der Waals surface area contributed by atoms with Gasteiger partial charge in [-0.2, -0.15) is 11.8 Å². The Kier molecular flexibility index (Phi) is 7.47. The molecule has 5 heteroatoms. The van der Waals surface area contributed by atoms with Gasteiger partial charge < -0.3 is 15.8 Å². The van der Waals surface area contributed by atoms with Crippen LogP contribution in [0.3, 0.4) is 0 Å². The van der Waals surface area contributed by atoms with Gasteiger partial charge in [0.05, 0.1) is 13.2 Å². The number of nitrogens with one attached hydrogen (secondary N) is 1. The lowest BCUT2D eigenvalue weighted by Gasteiger charge is -2.18. The number of para-hydroxylation sites is 1. The highest BCUT2D eigenvalue weighted by Crippen LogP contribution is 2.18. The van der Waals surface area contributed by atoms with Gasteiger partial charge in [0.15, 0.2) is 0 Å². The minimum atomic E-state index is -0.428. The Bertz CT molecular complexity index is 426. The van der Waals surface area contributed by atoms with Crippen LogP contribution in [0.5, 0.6) is 5.75 Å². The summed E-state index contributed by atoms with van der Waals surface area (Å²) < 4.78 is 5.31. The number of carbonyl (C=O) groups excluding carboxylic acids is 1. The van der Waals surface area contributed by atoms with E-state index in [-0.39, 0.29) is 11.9 Å². The number of nitrogens with two attached hydrogens (primary N) is 1. The van der Waals surface area contributed by atoms with Crippen molar-refractivity contribution in [1.82, 2.24) is 5.32 Å². The van der Waals surface area contributed by atoms with Crippen molar-refractivity contribution in [3.8, 4) is 5.75 Å². The summed E-state index contributed by atoms with van der Waals surface area (Å²) in [6.07, 6.45) is 3.44. The predicted molar refractivity (Wildman–Crippen MR) is 85.3 cm³/mol. The molecule has 1 aromatic carbocycles. The zero-order valence-electron chi connectivity index (χ0n) is 12.4. The van der Waals surface area contributed by atoms with E-state index in [2.05, 4.69) is 5.32 Å². The number of ether oxygens (including phenoxy) is 1. The van der Waals surface area contributed by atoms with Crippen molar-refractivity contribution in [2.24, 2.45) is 5.73 Å². The van der Waals surface area contributed by atoms with E-state index in [1.54, 1.807) is 18.9 Å². The summed E-state index contributed by atoms with van der Waals surface area (Å²) in [5.41, 5.74) is 6.93. The fourth-order valence-electron chi connectivity index (χ4n) is 1.98. The molecule has 0 aliphatic rings. The van der Waals surface area contributed by atoms with Crippen LogP contribution in [0, 0.1) is 0 Å². The van der Waals surface area contributed by atoms with E-state index in [1.165, 1.54) is 0 Å². The minimum Gasteiger partial charge on any atom is -0.496 e. The number of rotatable bonds is 8. The van der Waals surface area contributed by atoms with Crippen molar-refractivity contribution in [2.45, 2.75) is 31.8 Å². The van der Waals surface area contributed by atoms with Gasteiger partial charge in [0, 0.05) is 6.04 Å². The second-order valence-corrected chi connectivity index (χ2v) is 5.80. The molecule has 20 heavy (non-hydrogen) atoms. The number of methoxy groups -OCH3 is 1. The molecule has 1 rings (SSSR count). The molecule has 0 saturated heterocycles. The lowest BCUT2D eigenvalue weighted by molar-refractivity contribution is -0.122. The third-order valence-electron chi connectivity index (χ3n) is 3.08. The highest BCUT2D eigenvalue weighted by Gasteiger charge is 2.16. The minimum absolute atomic E-state index is 0.0270. The van der Waals surface area contributed by atoms with Gasteiger partial charge in [0.25, 0.3) is 0 Å². The topological polar surface area (TPSA) is 64.3 Å². The standard InChI is InChI=1S/C15H24N2O2S/c1-11(17-15(18)13(16)8-9-20-3)10-12-6-4-5-7-14(12)19-2/h4-7,11,13H,8-10,16H2,1-3H3,(H,17,18)/t11?,13-/m1/s1. The molecule has 112 valence electrons. The van der Waals surface area contributed by atoms with Crippen LogP contribution in [0.25, 0.3) is 0 Å². The fraction of sp³-hybridized carbons (Fsp3) is 0.533. The molecular weight excluding hydrogens is 272 g/mol. The van der Waals surface area contributed by atoms with Crippen LogP contribution in [-0.2, 0) is 11.2 Å². The Balaban J connectivity index is 2.50. The molecule has 0 radical (unpaired) electrons. The second-order valence-electron chi connectivity index (χ2n) is 4.81. The van der Waals surface area contributed by atoms with Crippen molar-refractivity contribution >= 4 is 17.7 Å². The van der Waals surface area contributed by atoms with E-state index < -0.39 is 6.04 Å². The molecule has 2 atom stereocenters. The number of amides is 1. The van der Waals surface area contributed by atoms with Gasteiger partial charge in [-0.25, -0.2) is 0 Å². The average Bonchev–Trinajstić information content (AvgIpc) is 2.45. The molecule has 0 heterocycles.